The van der Waals surface area contributed by atoms with Crippen LogP contribution in [0.15, 0.2) is 36.4 Å². The van der Waals surface area contributed by atoms with E-state index >= 15 is 0 Å². The Morgan fingerprint density at radius 1 is 1.12 bits per heavy atom. The van der Waals surface area contributed by atoms with Crippen molar-refractivity contribution in [3.63, 3.8) is 0 Å². The molecule has 0 aliphatic carbocycles. The molecule has 2 aromatic carbocycles. The van der Waals surface area contributed by atoms with E-state index in [0.717, 1.165) is 54.8 Å². The van der Waals surface area contributed by atoms with Crippen molar-refractivity contribution in [3.05, 3.63) is 70.0 Å². The Hall–Kier alpha value is -2.28. The minimum atomic E-state index is -0.129. The summed E-state index contributed by atoms with van der Waals surface area (Å²) in [6.45, 7) is 7.79. The highest BCUT2D eigenvalue weighted by atomic mass is 19.1. The van der Waals surface area contributed by atoms with Crippen LogP contribution in [0.3, 0.4) is 0 Å². The molecule has 1 unspecified atom stereocenters. The predicted molar refractivity (Wildman–Crippen MR) is 134 cm³/mol. The standard InChI is InChI=1S/C28H38FN3O2/c1-19-8-6-10-26(29)24(19)16-32-17-25(27(18-32)30(3)4)21-11-12-23(20(2)14-21)28(33)31(5)15-22-9-7-13-34-22/h6,8,10-12,14,22,25,27H,7,9,13,15-18H2,1-5H3/t22?,25-,27+/m1/s1. The lowest BCUT2D eigenvalue weighted by atomic mass is 9.91. The van der Waals surface area contributed by atoms with Crippen LogP contribution in [-0.2, 0) is 11.3 Å². The van der Waals surface area contributed by atoms with Gasteiger partial charge in [0, 0.05) is 62.9 Å². The number of amides is 1. The van der Waals surface area contributed by atoms with Crippen LogP contribution < -0.4 is 0 Å². The maximum absolute atomic E-state index is 14.5. The molecule has 4 rings (SSSR count). The van der Waals surface area contributed by atoms with Gasteiger partial charge in [-0.1, -0.05) is 24.3 Å². The van der Waals surface area contributed by atoms with Crippen LogP contribution in [0.4, 0.5) is 4.39 Å². The lowest BCUT2D eigenvalue weighted by molar-refractivity contribution is 0.0586. The van der Waals surface area contributed by atoms with E-state index in [2.05, 4.69) is 36.0 Å². The minimum Gasteiger partial charge on any atom is -0.376 e. The van der Waals surface area contributed by atoms with Gasteiger partial charge in [0.15, 0.2) is 0 Å². The number of hydrogen-bond acceptors (Lipinski definition) is 4. The molecule has 6 heteroatoms. The van der Waals surface area contributed by atoms with Crippen LogP contribution in [0, 0.1) is 19.7 Å². The van der Waals surface area contributed by atoms with Crippen LogP contribution in [0.25, 0.3) is 0 Å². The minimum absolute atomic E-state index is 0.0480. The van der Waals surface area contributed by atoms with Gasteiger partial charge in [0.1, 0.15) is 5.82 Å². The van der Waals surface area contributed by atoms with E-state index in [4.69, 9.17) is 4.74 Å². The van der Waals surface area contributed by atoms with E-state index in [0.29, 0.717) is 25.0 Å². The van der Waals surface area contributed by atoms with Gasteiger partial charge in [0.25, 0.3) is 5.91 Å². The molecule has 2 heterocycles. The molecule has 2 aliphatic heterocycles. The molecule has 2 aromatic rings. The fourth-order valence-electron chi connectivity index (χ4n) is 5.48. The first-order chi connectivity index (χ1) is 16.2. The maximum Gasteiger partial charge on any atom is 0.253 e. The number of likely N-dealkylation sites (N-methyl/N-ethyl adjacent to an activating group) is 2. The average Bonchev–Trinajstić information content (AvgIpc) is 3.46. The summed E-state index contributed by atoms with van der Waals surface area (Å²) < 4.78 is 20.2. The summed E-state index contributed by atoms with van der Waals surface area (Å²) in [7, 11) is 6.08. The molecule has 2 saturated heterocycles. The van der Waals surface area contributed by atoms with Crippen molar-refractivity contribution in [2.24, 2.45) is 0 Å². The van der Waals surface area contributed by atoms with Gasteiger partial charge in [0.05, 0.1) is 6.10 Å². The molecule has 2 aliphatic rings. The van der Waals surface area contributed by atoms with Gasteiger partial charge in [-0.3, -0.25) is 9.69 Å². The second kappa shape index (κ2) is 10.5. The maximum atomic E-state index is 14.5. The van der Waals surface area contributed by atoms with Gasteiger partial charge >= 0.3 is 0 Å². The molecule has 3 atom stereocenters. The summed E-state index contributed by atoms with van der Waals surface area (Å²) >= 11 is 0. The number of hydrogen-bond donors (Lipinski definition) is 0. The second-order valence-electron chi connectivity index (χ2n) is 10.3. The monoisotopic (exact) mass is 467 g/mol. The Balaban J connectivity index is 1.49. The molecule has 2 fully saturated rings. The number of aryl methyl sites for hydroxylation is 2. The zero-order valence-electron chi connectivity index (χ0n) is 21.2. The number of ether oxygens (including phenoxy) is 1. The Morgan fingerprint density at radius 3 is 2.56 bits per heavy atom. The molecule has 184 valence electrons. The SMILES string of the molecule is Cc1cc([C@H]2CN(Cc3c(C)cccc3F)C[C@@H]2N(C)C)ccc1C(=O)N(C)CC1CCCO1. The number of halogens is 1. The van der Waals surface area contributed by atoms with Crippen molar-refractivity contribution in [2.45, 2.75) is 51.3 Å². The van der Waals surface area contributed by atoms with Gasteiger partial charge in [-0.25, -0.2) is 4.39 Å². The van der Waals surface area contributed by atoms with Crippen LogP contribution in [-0.4, -0.2) is 80.1 Å². The zero-order valence-corrected chi connectivity index (χ0v) is 21.2. The second-order valence-corrected chi connectivity index (χ2v) is 10.3. The number of carbonyl (C=O) groups excluding carboxylic acids is 1. The van der Waals surface area contributed by atoms with E-state index in [1.807, 2.05) is 33.0 Å². The molecule has 0 saturated carbocycles. The van der Waals surface area contributed by atoms with Gasteiger partial charge in [-0.15, -0.1) is 0 Å². The number of rotatable bonds is 7. The fourth-order valence-corrected chi connectivity index (χ4v) is 5.48. The zero-order chi connectivity index (χ0) is 24.4. The first kappa shape index (κ1) is 24.8. The van der Waals surface area contributed by atoms with Crippen LogP contribution in [0.2, 0.25) is 0 Å². The van der Waals surface area contributed by atoms with Gasteiger partial charge < -0.3 is 14.5 Å². The molecule has 0 radical (unpaired) electrons. The van der Waals surface area contributed by atoms with Crippen molar-refractivity contribution in [1.29, 1.82) is 0 Å². The molecular formula is C28H38FN3O2. The van der Waals surface area contributed by atoms with Crippen LogP contribution in [0.5, 0.6) is 0 Å². The smallest absolute Gasteiger partial charge is 0.253 e. The third kappa shape index (κ3) is 5.35. The lowest BCUT2D eigenvalue weighted by Crippen LogP contribution is -2.35. The predicted octanol–water partition coefficient (Wildman–Crippen LogP) is 4.22. The van der Waals surface area contributed by atoms with Crippen LogP contribution >= 0.6 is 0 Å². The lowest BCUT2D eigenvalue weighted by Gasteiger charge is -2.26. The molecular weight excluding hydrogens is 429 g/mol. The highest BCUT2D eigenvalue weighted by molar-refractivity contribution is 5.95. The van der Waals surface area contributed by atoms with E-state index in [-0.39, 0.29) is 17.8 Å². The van der Waals surface area contributed by atoms with Crippen molar-refractivity contribution in [3.8, 4) is 0 Å². The summed E-state index contributed by atoms with van der Waals surface area (Å²) in [5.74, 6) is 0.219. The molecule has 0 bridgehead atoms. The molecule has 1 amide bonds. The van der Waals surface area contributed by atoms with Crippen LogP contribution in [0.1, 0.15) is 51.4 Å². The third-order valence-corrected chi connectivity index (χ3v) is 7.52. The van der Waals surface area contributed by atoms with Gasteiger partial charge in [0.2, 0.25) is 0 Å². The highest BCUT2D eigenvalue weighted by Crippen LogP contribution is 2.33. The molecule has 0 aromatic heterocycles. The van der Waals surface area contributed by atoms with Gasteiger partial charge in [-0.2, -0.15) is 0 Å². The summed E-state index contributed by atoms with van der Waals surface area (Å²) in [6, 6.07) is 11.9. The van der Waals surface area contributed by atoms with E-state index in [9.17, 15) is 9.18 Å². The Morgan fingerprint density at radius 2 is 1.91 bits per heavy atom. The van der Waals surface area contributed by atoms with Crippen molar-refractivity contribution >= 4 is 5.91 Å². The first-order valence-electron chi connectivity index (χ1n) is 12.3. The Bertz CT molecular complexity index is 998. The largest absolute Gasteiger partial charge is 0.376 e. The number of nitrogens with zero attached hydrogens (tertiary/aromatic N) is 3. The average molecular weight is 468 g/mol. The third-order valence-electron chi connectivity index (χ3n) is 7.52. The topological polar surface area (TPSA) is 36.0 Å². The van der Waals surface area contributed by atoms with E-state index < -0.39 is 0 Å². The summed E-state index contributed by atoms with van der Waals surface area (Å²) in [5, 5.41) is 0. The molecule has 0 N–H and O–H groups in total. The normalized spacial score (nSPS) is 23.1. The summed E-state index contributed by atoms with van der Waals surface area (Å²) in [5.41, 5.74) is 4.77. The van der Waals surface area contributed by atoms with E-state index in [1.165, 1.54) is 5.56 Å². The van der Waals surface area contributed by atoms with E-state index in [1.54, 1.807) is 17.0 Å². The summed E-state index contributed by atoms with van der Waals surface area (Å²) in [4.78, 5) is 19.5. The molecule has 34 heavy (non-hydrogen) atoms. The number of benzene rings is 2. The number of likely N-dealkylation sites (tertiary alicyclic amines) is 1. The van der Waals surface area contributed by atoms with Crippen molar-refractivity contribution in [2.75, 3.05) is 47.4 Å². The quantitative estimate of drug-likeness (QED) is 0.611. The summed E-state index contributed by atoms with van der Waals surface area (Å²) in [6.07, 6.45) is 2.24. The van der Waals surface area contributed by atoms with Crippen molar-refractivity contribution in [1.82, 2.24) is 14.7 Å². The molecule has 5 nitrogen and oxygen atoms in total. The Labute approximate surface area is 203 Å². The fraction of sp³-hybridized carbons (Fsp3) is 0.536. The number of carbonyl (C=O) groups is 1. The molecule has 0 spiro atoms. The van der Waals surface area contributed by atoms with Crippen molar-refractivity contribution < 1.29 is 13.9 Å². The Kier molecular flexibility index (Phi) is 7.70. The van der Waals surface area contributed by atoms with Gasteiger partial charge in [-0.05, 0) is 69.6 Å². The highest BCUT2D eigenvalue weighted by Gasteiger charge is 2.36. The first-order valence-corrected chi connectivity index (χ1v) is 12.3.